The molecule has 0 fully saturated rings. The minimum Gasteiger partial charge on any atom is -0.396 e. The monoisotopic (exact) mass is 395 g/mol. The summed E-state index contributed by atoms with van der Waals surface area (Å²) >= 11 is 0. The van der Waals surface area contributed by atoms with Crippen LogP contribution in [0.4, 0.5) is 10.1 Å². The van der Waals surface area contributed by atoms with Crippen molar-refractivity contribution in [3.63, 3.8) is 0 Å². The second-order valence-electron chi connectivity index (χ2n) is 6.32. The molecule has 0 saturated carbocycles. The van der Waals surface area contributed by atoms with Gasteiger partial charge in [-0.05, 0) is 49.2 Å². The number of benzene rings is 1. The summed E-state index contributed by atoms with van der Waals surface area (Å²) < 4.78 is 16.3. The molecule has 1 aromatic carbocycles. The van der Waals surface area contributed by atoms with Crippen LogP contribution >= 0.6 is 0 Å². The fourth-order valence-electron chi connectivity index (χ4n) is 3.06. The Bertz CT molecular complexity index is 1050. The van der Waals surface area contributed by atoms with Crippen LogP contribution in [0.15, 0.2) is 41.7 Å². The molecule has 1 aliphatic heterocycles. The topological polar surface area (TPSA) is 63.8 Å². The molecular formula is C22H26FN5O. The fourth-order valence-corrected chi connectivity index (χ4v) is 3.06. The average Bonchev–Trinajstić information content (AvgIpc) is 3.16. The van der Waals surface area contributed by atoms with Gasteiger partial charge in [-0.3, -0.25) is 0 Å². The second-order valence-corrected chi connectivity index (χ2v) is 6.32. The van der Waals surface area contributed by atoms with Gasteiger partial charge in [-0.2, -0.15) is 5.10 Å². The number of aromatic nitrogens is 3. The summed E-state index contributed by atoms with van der Waals surface area (Å²) in [6, 6.07) is 7.14. The maximum Gasteiger partial charge on any atom is 0.153 e. The molecule has 3 heterocycles. The third-order valence-electron chi connectivity index (χ3n) is 4.43. The van der Waals surface area contributed by atoms with Crippen molar-refractivity contribution < 1.29 is 9.23 Å². The van der Waals surface area contributed by atoms with Crippen LogP contribution in [0.25, 0.3) is 11.7 Å². The third kappa shape index (κ3) is 4.45. The number of nitrogens with one attached hydrogen (secondary N) is 1. The molecular weight excluding hydrogens is 369 g/mol. The van der Waals surface area contributed by atoms with E-state index in [0.717, 1.165) is 16.9 Å². The van der Waals surface area contributed by atoms with Gasteiger partial charge < -0.3 is 10.2 Å². The zero-order chi connectivity index (χ0) is 20.8. The Kier molecular flexibility index (Phi) is 6.59. The first-order chi connectivity index (χ1) is 14.2. The van der Waals surface area contributed by atoms with Crippen molar-refractivity contribution in [3.05, 3.63) is 64.9 Å². The summed E-state index contributed by atoms with van der Waals surface area (Å²) in [5, 5.41) is 11.8. The Morgan fingerprint density at radius 2 is 2.14 bits per heavy atom. The smallest absolute Gasteiger partial charge is 0.153 e. The molecule has 0 saturated heterocycles. The van der Waals surface area contributed by atoms with Gasteiger partial charge >= 0.3 is 0 Å². The van der Waals surface area contributed by atoms with Gasteiger partial charge in [0.25, 0.3) is 0 Å². The van der Waals surface area contributed by atoms with Crippen molar-refractivity contribution >= 4 is 23.1 Å². The van der Waals surface area contributed by atoms with E-state index in [2.05, 4.69) is 20.6 Å². The third-order valence-corrected chi connectivity index (χ3v) is 4.43. The van der Waals surface area contributed by atoms with E-state index >= 15 is 0 Å². The molecule has 0 atom stereocenters. The largest absolute Gasteiger partial charge is 0.396 e. The van der Waals surface area contributed by atoms with Crippen molar-refractivity contribution in [2.45, 2.75) is 34.1 Å². The highest BCUT2D eigenvalue weighted by atomic mass is 19.1. The summed E-state index contributed by atoms with van der Waals surface area (Å²) in [5.74, 6) is -0.239. The van der Waals surface area contributed by atoms with Gasteiger partial charge in [0.1, 0.15) is 23.8 Å². The Labute approximate surface area is 170 Å². The number of anilines is 1. The molecule has 0 amide bonds. The van der Waals surface area contributed by atoms with Gasteiger partial charge in [-0.1, -0.05) is 31.2 Å². The van der Waals surface area contributed by atoms with Gasteiger partial charge in [0.15, 0.2) is 5.65 Å². The number of hydrogen-bond donors (Lipinski definition) is 1. The van der Waals surface area contributed by atoms with Crippen LogP contribution in [0.2, 0.25) is 0 Å². The SMILES string of the molecule is CC.CCO/N=C(\C)c1ccc2ncc(Cc3cc4c(cc3F)NCC=C4)n2n1. The van der Waals surface area contributed by atoms with E-state index in [1.54, 1.807) is 16.8 Å². The van der Waals surface area contributed by atoms with Gasteiger partial charge in [0.05, 0.1) is 11.9 Å². The number of oxime groups is 1. The van der Waals surface area contributed by atoms with E-state index < -0.39 is 0 Å². The Balaban J connectivity index is 0.00000117. The first-order valence-electron chi connectivity index (χ1n) is 9.89. The van der Waals surface area contributed by atoms with E-state index in [1.807, 2.05) is 58.0 Å². The van der Waals surface area contributed by atoms with Crippen LogP contribution in [0, 0.1) is 5.82 Å². The van der Waals surface area contributed by atoms with Crippen molar-refractivity contribution in [2.24, 2.45) is 5.16 Å². The van der Waals surface area contributed by atoms with Crippen LogP contribution < -0.4 is 5.32 Å². The number of hydrogen-bond acceptors (Lipinski definition) is 5. The molecule has 29 heavy (non-hydrogen) atoms. The number of imidazole rings is 1. The molecule has 7 heteroatoms. The maximum absolute atomic E-state index is 14.6. The molecule has 1 N–H and O–H groups in total. The standard InChI is InChI=1S/C20H20FN5O.C2H6/c1-3-27-25-13(2)18-6-7-20-23-12-16(26(20)24-18)10-15-9-14-5-4-8-22-19(14)11-17(15)21;1-2/h4-7,9,11-12,22H,3,8,10H2,1-2H3;1-2H3/b25-13+;. The van der Waals surface area contributed by atoms with Crippen molar-refractivity contribution in [3.8, 4) is 0 Å². The molecule has 6 nitrogen and oxygen atoms in total. The molecule has 0 unspecified atom stereocenters. The number of fused-ring (bicyclic) bond motifs is 2. The Morgan fingerprint density at radius 3 is 2.93 bits per heavy atom. The predicted molar refractivity (Wildman–Crippen MR) is 115 cm³/mol. The predicted octanol–water partition coefficient (Wildman–Crippen LogP) is 4.68. The van der Waals surface area contributed by atoms with Crippen LogP contribution in [-0.2, 0) is 11.3 Å². The van der Waals surface area contributed by atoms with Gasteiger partial charge in [0.2, 0.25) is 0 Å². The molecule has 0 radical (unpaired) electrons. The first-order valence-corrected chi connectivity index (χ1v) is 9.89. The lowest BCUT2D eigenvalue weighted by atomic mass is 10.0. The van der Waals surface area contributed by atoms with Crippen LogP contribution in [-0.4, -0.2) is 33.5 Å². The lowest BCUT2D eigenvalue weighted by Crippen LogP contribution is -2.08. The van der Waals surface area contributed by atoms with Crippen LogP contribution in [0.1, 0.15) is 50.2 Å². The maximum atomic E-state index is 14.6. The molecule has 3 aromatic rings. The van der Waals surface area contributed by atoms with E-state index in [1.165, 1.54) is 0 Å². The molecule has 1 aliphatic rings. The van der Waals surface area contributed by atoms with Gasteiger partial charge in [0, 0.05) is 18.7 Å². The van der Waals surface area contributed by atoms with E-state index in [9.17, 15) is 4.39 Å². The first kappa shape index (κ1) is 20.5. The highest BCUT2D eigenvalue weighted by Crippen LogP contribution is 2.26. The molecule has 4 rings (SSSR count). The van der Waals surface area contributed by atoms with Gasteiger partial charge in [-0.15, -0.1) is 0 Å². The number of nitrogens with zero attached hydrogens (tertiary/aromatic N) is 4. The summed E-state index contributed by atoms with van der Waals surface area (Å²) in [5.41, 5.74) is 5.29. The normalized spacial score (nSPS) is 12.8. The van der Waals surface area contributed by atoms with E-state index in [0.29, 0.717) is 42.2 Å². The molecule has 2 aromatic heterocycles. The number of rotatable bonds is 5. The minimum absolute atomic E-state index is 0.239. The average molecular weight is 395 g/mol. The van der Waals surface area contributed by atoms with E-state index in [4.69, 9.17) is 4.84 Å². The van der Waals surface area contributed by atoms with Crippen molar-refractivity contribution in [2.75, 3.05) is 18.5 Å². The molecule has 0 spiro atoms. The highest BCUT2D eigenvalue weighted by molar-refractivity contribution is 5.96. The highest BCUT2D eigenvalue weighted by Gasteiger charge is 2.14. The van der Waals surface area contributed by atoms with Crippen LogP contribution in [0.5, 0.6) is 0 Å². The summed E-state index contributed by atoms with van der Waals surface area (Å²) in [6.45, 7) is 8.92. The summed E-state index contributed by atoms with van der Waals surface area (Å²) in [4.78, 5) is 9.47. The minimum atomic E-state index is -0.239. The van der Waals surface area contributed by atoms with Gasteiger partial charge in [-0.25, -0.2) is 13.9 Å². The number of halogens is 1. The fraction of sp³-hybridized carbons (Fsp3) is 0.318. The van der Waals surface area contributed by atoms with E-state index in [-0.39, 0.29) is 5.82 Å². The molecule has 0 aliphatic carbocycles. The zero-order valence-corrected chi connectivity index (χ0v) is 17.2. The Hall–Kier alpha value is -3.22. The lowest BCUT2D eigenvalue weighted by Gasteiger charge is -2.15. The lowest BCUT2D eigenvalue weighted by molar-refractivity contribution is 0.159. The van der Waals surface area contributed by atoms with Crippen molar-refractivity contribution in [1.82, 2.24) is 14.6 Å². The molecule has 0 bridgehead atoms. The Morgan fingerprint density at radius 1 is 1.31 bits per heavy atom. The summed E-state index contributed by atoms with van der Waals surface area (Å²) in [6.07, 6.45) is 6.15. The molecule has 152 valence electrons. The quantitative estimate of drug-likeness (QED) is 0.503. The van der Waals surface area contributed by atoms with Crippen molar-refractivity contribution in [1.29, 1.82) is 0 Å². The zero-order valence-electron chi connectivity index (χ0n) is 17.2. The van der Waals surface area contributed by atoms with Crippen LogP contribution in [0.3, 0.4) is 0 Å². The summed E-state index contributed by atoms with van der Waals surface area (Å²) in [7, 11) is 0. The second kappa shape index (κ2) is 9.32.